The summed E-state index contributed by atoms with van der Waals surface area (Å²) in [5, 5.41) is 0. The van der Waals surface area contributed by atoms with Gasteiger partial charge < -0.3 is 63.0 Å². The number of methoxy groups -OCH3 is 2. The minimum absolute atomic E-state index is 0.0447. The lowest BCUT2D eigenvalue weighted by Gasteiger charge is -2.44. The molecule has 2 unspecified atom stereocenters. The van der Waals surface area contributed by atoms with Crippen LogP contribution in [-0.2, 0) is 66.2 Å². The van der Waals surface area contributed by atoms with Crippen LogP contribution in [0.5, 0.6) is 11.5 Å². The normalized spacial score (nSPS) is 24.8. The summed E-state index contributed by atoms with van der Waals surface area (Å²) in [5.41, 5.74) is 14.4. The van der Waals surface area contributed by atoms with Crippen molar-refractivity contribution in [3.63, 3.8) is 0 Å². The van der Waals surface area contributed by atoms with Crippen molar-refractivity contribution in [1.82, 2.24) is 39.2 Å². The van der Waals surface area contributed by atoms with Crippen LogP contribution in [0.1, 0.15) is 140 Å². The molecule has 0 radical (unpaired) electrons. The number of benzene rings is 5. The number of hydrogen-bond donors (Lipinski definition) is 0. The standard InChI is InChI=1S/C15H19NO.C13H20N2.C13H17NO.C12H17NO2.C11H22N2.C10H13N.C7H15N/c1-16-8-12-6-7-13(9-16)15(12)14-5-3-2-4-11(14)10-17-15;1-3-12-4-6-13(7-5-12)15-10-8-14(2)9-11-15;1-14-8-6-13(7-9-14)12-5-3-2-4-11(12)10-15-13;1-13-5-4-9-6-11(14-2)12(15-3)7-10(9)8-13;1-12-9-5-11(6-10-12)13-7-3-2-4-8-13;1-11-7-6-9-4-2-3-5-10(9)8-11;1-8-6-4-2-3-5-7-8/h2-5,12-13H,6-10H2,1H3;4-7H,3,8-11H2,1-2H3;2-5H,6-10H2,1H3;6-7H,4-5,8H2,1-3H3;11H,2-10H2,1H3;2-5H,6-8H2,1H3;2-7H2,1H3. The van der Waals surface area contributed by atoms with Crippen molar-refractivity contribution >= 4 is 5.69 Å². The molecule has 10 heterocycles. The molecule has 7 fully saturated rings. The summed E-state index contributed by atoms with van der Waals surface area (Å²) < 4.78 is 23.0. The highest BCUT2D eigenvalue weighted by Crippen LogP contribution is 2.57. The summed E-state index contributed by atoms with van der Waals surface area (Å²) >= 11 is 0. The van der Waals surface area contributed by atoms with Crippen LogP contribution < -0.4 is 14.4 Å². The summed E-state index contributed by atoms with van der Waals surface area (Å²) in [6.07, 6.45) is 21.2. The van der Waals surface area contributed by atoms with E-state index in [2.05, 4.69) is 210 Å². The number of aryl methyl sites for hydroxylation is 1. The molecule has 11 aliphatic rings. The largest absolute Gasteiger partial charge is 0.493 e. The number of likely N-dealkylation sites (tertiary alicyclic amines) is 5. The Labute approximate surface area is 570 Å². The molecular formula is C81H123N9O4. The average Bonchev–Trinajstić information content (AvgIpc) is 1.56. The fourth-order valence-corrected chi connectivity index (χ4v) is 16.7. The molecule has 5 aromatic rings. The molecule has 6 saturated heterocycles. The van der Waals surface area contributed by atoms with Crippen LogP contribution in [0.25, 0.3) is 0 Å². The van der Waals surface area contributed by atoms with Crippen LogP contribution in [-0.4, -0.2) is 214 Å². The Morgan fingerprint density at radius 1 is 0.415 bits per heavy atom. The Kier molecular flexibility index (Phi) is 27.2. The second-order valence-electron chi connectivity index (χ2n) is 29.6. The molecule has 10 aliphatic heterocycles. The molecule has 16 rings (SSSR count). The average molecular weight is 1290 g/mol. The molecule has 13 heteroatoms. The van der Waals surface area contributed by atoms with E-state index in [-0.39, 0.29) is 11.2 Å². The molecule has 516 valence electrons. The highest BCUT2D eigenvalue weighted by molar-refractivity contribution is 5.49. The third kappa shape index (κ3) is 19.1. The zero-order chi connectivity index (χ0) is 65.9. The Bertz CT molecular complexity index is 3020. The molecule has 2 spiro atoms. The SMILES string of the molecule is CCc1ccc(N2CCN(C)CC2)cc1.CN1CC2CCC(C1)C21OCc2ccccc21.CN1CCC(N2CCCCC2)CC1.CN1CCC2(CC1)OCc1ccccc12.CN1CCCCCC1.CN1CCc2ccccc2C1.COc1cc2c(cc1OC)CN(C)CC2. The van der Waals surface area contributed by atoms with E-state index in [0.717, 1.165) is 102 Å². The molecule has 1 aliphatic carbocycles. The summed E-state index contributed by atoms with van der Waals surface area (Å²) in [7, 11) is 18.8. The van der Waals surface area contributed by atoms with Crippen LogP contribution in [0.15, 0.2) is 109 Å². The second-order valence-corrected chi connectivity index (χ2v) is 29.6. The predicted molar refractivity (Wildman–Crippen MR) is 390 cm³/mol. The molecule has 1 saturated carbocycles. The third-order valence-corrected chi connectivity index (χ3v) is 22.7. The number of piperidine rings is 4. The second kappa shape index (κ2) is 35.6. The topological polar surface area (TPSA) is 66.1 Å². The number of hydrogen-bond acceptors (Lipinski definition) is 13. The van der Waals surface area contributed by atoms with Crippen molar-refractivity contribution in [1.29, 1.82) is 0 Å². The molecule has 0 N–H and O–H groups in total. The van der Waals surface area contributed by atoms with E-state index in [4.69, 9.17) is 18.9 Å². The number of likely N-dealkylation sites (N-methyl/N-ethyl adjacent to an activating group) is 3. The maximum atomic E-state index is 6.36. The lowest BCUT2D eigenvalue weighted by atomic mass is 9.75. The number of fused-ring (bicyclic) bond motifs is 5. The highest BCUT2D eigenvalue weighted by Gasteiger charge is 2.58. The summed E-state index contributed by atoms with van der Waals surface area (Å²) in [5.74, 6) is 3.07. The molecule has 94 heavy (non-hydrogen) atoms. The van der Waals surface area contributed by atoms with Gasteiger partial charge in [-0.25, -0.2) is 0 Å². The van der Waals surface area contributed by atoms with Crippen molar-refractivity contribution in [2.45, 2.75) is 153 Å². The van der Waals surface area contributed by atoms with Gasteiger partial charge in [-0.2, -0.15) is 0 Å². The maximum Gasteiger partial charge on any atom is 0.161 e. The van der Waals surface area contributed by atoms with Gasteiger partial charge in [-0.3, -0.25) is 0 Å². The zero-order valence-electron chi connectivity index (χ0n) is 60.2. The van der Waals surface area contributed by atoms with E-state index in [1.165, 1.54) is 205 Å². The number of piperazine rings is 1. The fourth-order valence-electron chi connectivity index (χ4n) is 16.7. The van der Waals surface area contributed by atoms with Gasteiger partial charge in [-0.05, 0) is 246 Å². The molecule has 13 nitrogen and oxygen atoms in total. The lowest BCUT2D eigenvalue weighted by molar-refractivity contribution is -0.127. The number of rotatable bonds is 5. The Morgan fingerprint density at radius 2 is 0.894 bits per heavy atom. The van der Waals surface area contributed by atoms with Crippen LogP contribution in [0, 0.1) is 11.8 Å². The van der Waals surface area contributed by atoms with E-state index in [1.54, 1.807) is 14.2 Å². The smallest absolute Gasteiger partial charge is 0.161 e. The van der Waals surface area contributed by atoms with E-state index in [0.29, 0.717) is 11.8 Å². The van der Waals surface area contributed by atoms with Gasteiger partial charge in [-0.1, -0.05) is 111 Å². The quantitative estimate of drug-likeness (QED) is 0.168. The first-order chi connectivity index (χ1) is 45.8. The van der Waals surface area contributed by atoms with Gasteiger partial charge in [0, 0.05) is 102 Å². The predicted octanol–water partition coefficient (Wildman–Crippen LogP) is 12.9. The first-order valence-electron chi connectivity index (χ1n) is 36.9. The number of ether oxygens (including phenoxy) is 4. The maximum absolute atomic E-state index is 6.36. The number of nitrogens with zero attached hydrogens (tertiary/aromatic N) is 9. The van der Waals surface area contributed by atoms with Gasteiger partial charge >= 0.3 is 0 Å². The Balaban J connectivity index is 0.000000121. The van der Waals surface area contributed by atoms with Crippen molar-refractivity contribution in [2.75, 3.05) is 173 Å². The molecular weight excluding hydrogens is 1160 g/mol. The van der Waals surface area contributed by atoms with Crippen molar-refractivity contribution in [3.05, 3.63) is 159 Å². The highest BCUT2D eigenvalue weighted by atomic mass is 16.5. The van der Waals surface area contributed by atoms with E-state index >= 15 is 0 Å². The van der Waals surface area contributed by atoms with Gasteiger partial charge in [0.25, 0.3) is 0 Å². The van der Waals surface area contributed by atoms with Crippen molar-refractivity contribution < 1.29 is 18.9 Å². The zero-order valence-corrected chi connectivity index (χ0v) is 60.2. The van der Waals surface area contributed by atoms with Gasteiger partial charge in [0.1, 0.15) is 5.60 Å². The van der Waals surface area contributed by atoms with E-state index in [1.807, 2.05) is 0 Å². The van der Waals surface area contributed by atoms with Gasteiger partial charge in [0.05, 0.1) is 33.0 Å². The minimum Gasteiger partial charge on any atom is -0.493 e. The lowest BCUT2D eigenvalue weighted by Crippen LogP contribution is -2.50. The third-order valence-electron chi connectivity index (χ3n) is 22.7. The minimum atomic E-state index is 0.0447. The molecule has 5 aromatic carbocycles. The molecule has 2 atom stereocenters. The first-order valence-corrected chi connectivity index (χ1v) is 36.9. The fraction of sp³-hybridized carbons (Fsp3) is 0.630. The van der Waals surface area contributed by atoms with E-state index < -0.39 is 0 Å². The van der Waals surface area contributed by atoms with Crippen LogP contribution in [0.4, 0.5) is 5.69 Å². The number of anilines is 1. The molecule has 0 aromatic heterocycles. The summed E-state index contributed by atoms with van der Waals surface area (Å²) in [6, 6.07) is 40.3. The van der Waals surface area contributed by atoms with Crippen LogP contribution in [0.3, 0.4) is 0 Å². The van der Waals surface area contributed by atoms with Gasteiger partial charge in [0.15, 0.2) is 11.5 Å². The van der Waals surface area contributed by atoms with Crippen molar-refractivity contribution in [3.8, 4) is 11.5 Å². The Morgan fingerprint density at radius 3 is 1.50 bits per heavy atom. The Hall–Kier alpha value is -4.90. The van der Waals surface area contributed by atoms with Gasteiger partial charge in [-0.15, -0.1) is 0 Å². The summed E-state index contributed by atoms with van der Waals surface area (Å²) in [6.45, 7) is 25.6. The molecule has 0 amide bonds. The summed E-state index contributed by atoms with van der Waals surface area (Å²) in [4.78, 5) is 22.0. The van der Waals surface area contributed by atoms with Crippen LogP contribution >= 0.6 is 0 Å². The van der Waals surface area contributed by atoms with Crippen molar-refractivity contribution in [2.24, 2.45) is 11.8 Å². The molecule has 2 bridgehead atoms. The first kappa shape index (κ1) is 71.9. The van der Waals surface area contributed by atoms with Crippen LogP contribution in [0.2, 0.25) is 0 Å². The monoisotopic (exact) mass is 1290 g/mol. The van der Waals surface area contributed by atoms with Gasteiger partial charge in [0.2, 0.25) is 0 Å². The van der Waals surface area contributed by atoms with E-state index in [9.17, 15) is 0 Å².